The lowest BCUT2D eigenvalue weighted by molar-refractivity contribution is -0.118. The summed E-state index contributed by atoms with van der Waals surface area (Å²) in [6.45, 7) is 7.64. The van der Waals surface area contributed by atoms with Crippen molar-refractivity contribution in [1.29, 1.82) is 0 Å². The van der Waals surface area contributed by atoms with E-state index in [1.54, 1.807) is 13.8 Å². The fourth-order valence-electron chi connectivity index (χ4n) is 3.50. The number of sulfone groups is 1. The highest BCUT2D eigenvalue weighted by atomic mass is 32.2. The Morgan fingerprint density at radius 3 is 1.96 bits per heavy atom. The van der Waals surface area contributed by atoms with Crippen LogP contribution in [0.4, 0.5) is 0 Å². The van der Waals surface area contributed by atoms with Gasteiger partial charge in [-0.05, 0) is 62.8 Å². The average Bonchev–Trinajstić information content (AvgIpc) is 2.59. The van der Waals surface area contributed by atoms with Crippen molar-refractivity contribution in [3.63, 3.8) is 0 Å². The van der Waals surface area contributed by atoms with Gasteiger partial charge in [-0.1, -0.05) is 6.07 Å². The highest BCUT2D eigenvalue weighted by Crippen LogP contribution is 2.31. The van der Waals surface area contributed by atoms with Gasteiger partial charge in [-0.3, -0.25) is 4.79 Å². The maximum Gasteiger partial charge on any atom is 0.243 e. The van der Waals surface area contributed by atoms with Gasteiger partial charge in [0, 0.05) is 20.1 Å². The van der Waals surface area contributed by atoms with Crippen molar-refractivity contribution >= 4 is 25.8 Å². The summed E-state index contributed by atoms with van der Waals surface area (Å²) in [4.78, 5) is 11.7. The average molecular weight is 417 g/mol. The van der Waals surface area contributed by atoms with Gasteiger partial charge in [-0.25, -0.2) is 16.8 Å². The second kappa shape index (κ2) is 7.89. The number of nitrogens with one attached hydrogen (secondary N) is 1. The Morgan fingerprint density at radius 2 is 1.52 bits per heavy atom. The van der Waals surface area contributed by atoms with E-state index in [4.69, 9.17) is 0 Å². The minimum Gasteiger partial charge on any atom is -0.358 e. The summed E-state index contributed by atoms with van der Waals surface area (Å²) in [5, 5.41) is 1.62. The van der Waals surface area contributed by atoms with Crippen molar-refractivity contribution in [2.75, 3.05) is 25.9 Å². The van der Waals surface area contributed by atoms with Crippen LogP contribution in [0.15, 0.2) is 11.0 Å². The third kappa shape index (κ3) is 4.35. The van der Waals surface area contributed by atoms with E-state index in [0.29, 0.717) is 4.90 Å². The second-order valence-electron chi connectivity index (χ2n) is 7.17. The molecule has 0 bridgehead atoms. The summed E-state index contributed by atoms with van der Waals surface area (Å²) in [5.74, 6) is -1.11. The number of aryl methyl sites for hydroxylation is 2. The molecular formula is C18H28N2O5S2. The number of carbonyl (C=O) groups excluding carboxylic acids is 1. The van der Waals surface area contributed by atoms with Gasteiger partial charge in [0.25, 0.3) is 0 Å². The zero-order valence-electron chi connectivity index (χ0n) is 16.5. The molecule has 1 amide bonds. The molecule has 1 aliphatic rings. The van der Waals surface area contributed by atoms with E-state index in [1.165, 1.54) is 11.4 Å². The Morgan fingerprint density at radius 1 is 1.04 bits per heavy atom. The summed E-state index contributed by atoms with van der Waals surface area (Å²) in [7, 11) is -5.91. The van der Waals surface area contributed by atoms with Crippen molar-refractivity contribution in [1.82, 2.24) is 9.62 Å². The SMILES string of the molecule is CNC(=O)CS(=O)(=O)C1CCN(S(=O)(=O)c2c(C)c(C)cc(C)c2C)CC1. The van der Waals surface area contributed by atoms with Crippen LogP contribution in [0.5, 0.6) is 0 Å². The van der Waals surface area contributed by atoms with Crippen LogP contribution in [-0.2, 0) is 24.7 Å². The molecule has 27 heavy (non-hydrogen) atoms. The van der Waals surface area contributed by atoms with E-state index in [0.717, 1.165) is 22.3 Å². The van der Waals surface area contributed by atoms with Crippen LogP contribution in [0, 0.1) is 27.7 Å². The number of hydrogen-bond acceptors (Lipinski definition) is 5. The molecule has 0 saturated carbocycles. The molecule has 9 heteroatoms. The van der Waals surface area contributed by atoms with Gasteiger partial charge in [0.15, 0.2) is 9.84 Å². The van der Waals surface area contributed by atoms with Crippen LogP contribution in [0.25, 0.3) is 0 Å². The first-order valence-corrected chi connectivity index (χ1v) is 12.1. The molecule has 0 atom stereocenters. The number of sulfonamides is 1. The largest absolute Gasteiger partial charge is 0.358 e. The molecule has 2 rings (SSSR count). The number of rotatable bonds is 5. The van der Waals surface area contributed by atoms with E-state index in [1.807, 2.05) is 19.9 Å². The molecule has 7 nitrogen and oxygen atoms in total. The Hall–Kier alpha value is -1.45. The minimum atomic E-state index is -3.71. The quantitative estimate of drug-likeness (QED) is 0.778. The first kappa shape index (κ1) is 21.8. The highest BCUT2D eigenvalue weighted by Gasteiger charge is 2.37. The minimum absolute atomic E-state index is 0.131. The molecular weight excluding hydrogens is 388 g/mol. The third-order valence-electron chi connectivity index (χ3n) is 5.42. The van der Waals surface area contributed by atoms with Crippen molar-refractivity contribution in [3.05, 3.63) is 28.3 Å². The van der Waals surface area contributed by atoms with Crippen molar-refractivity contribution < 1.29 is 21.6 Å². The zero-order valence-corrected chi connectivity index (χ0v) is 18.1. The Bertz CT molecular complexity index is 918. The lowest BCUT2D eigenvalue weighted by Crippen LogP contribution is -2.44. The third-order valence-corrected chi connectivity index (χ3v) is 9.74. The van der Waals surface area contributed by atoms with Crippen LogP contribution < -0.4 is 5.32 Å². The predicted molar refractivity (Wildman–Crippen MR) is 105 cm³/mol. The number of amides is 1. The standard InChI is InChI=1S/C18H28N2O5S2/c1-12-10-13(2)15(4)18(14(12)3)27(24,25)20-8-6-16(7-9-20)26(22,23)11-17(21)19-5/h10,16H,6-9,11H2,1-5H3,(H,19,21). The Balaban J connectivity index is 2.25. The van der Waals surface area contributed by atoms with Gasteiger partial charge in [-0.2, -0.15) is 4.31 Å². The van der Waals surface area contributed by atoms with E-state index >= 15 is 0 Å². The number of piperidine rings is 1. The first-order valence-electron chi connectivity index (χ1n) is 8.91. The lowest BCUT2D eigenvalue weighted by atomic mass is 10.0. The lowest BCUT2D eigenvalue weighted by Gasteiger charge is -2.32. The molecule has 0 spiro atoms. The fourth-order valence-corrected chi connectivity index (χ4v) is 7.22. The first-order chi connectivity index (χ1) is 12.4. The van der Waals surface area contributed by atoms with Gasteiger partial charge in [0.2, 0.25) is 15.9 Å². The summed E-state index contributed by atoms with van der Waals surface area (Å²) in [6.07, 6.45) is 0.392. The van der Waals surface area contributed by atoms with Crippen molar-refractivity contribution in [3.8, 4) is 0 Å². The smallest absolute Gasteiger partial charge is 0.243 e. The maximum absolute atomic E-state index is 13.2. The molecule has 1 saturated heterocycles. The van der Waals surface area contributed by atoms with E-state index < -0.39 is 36.8 Å². The molecule has 1 aliphatic heterocycles. The van der Waals surface area contributed by atoms with Crippen LogP contribution in [-0.4, -0.2) is 58.2 Å². The molecule has 1 aromatic carbocycles. The zero-order chi connectivity index (χ0) is 20.6. The second-order valence-corrected chi connectivity index (χ2v) is 11.3. The summed E-state index contributed by atoms with van der Waals surface area (Å²) >= 11 is 0. The fraction of sp³-hybridized carbons (Fsp3) is 0.611. The van der Waals surface area contributed by atoms with Gasteiger partial charge < -0.3 is 5.32 Å². The molecule has 1 aromatic rings. The monoisotopic (exact) mass is 416 g/mol. The van der Waals surface area contributed by atoms with Crippen LogP contribution >= 0.6 is 0 Å². The molecule has 0 aliphatic carbocycles. The Kier molecular flexibility index (Phi) is 6.38. The molecule has 0 unspecified atom stereocenters. The molecule has 0 aromatic heterocycles. The summed E-state index contributed by atoms with van der Waals surface area (Å²) in [5.41, 5.74) is 3.29. The van der Waals surface area contributed by atoms with Crippen LogP contribution in [0.1, 0.15) is 35.1 Å². The number of carbonyl (C=O) groups is 1. The molecule has 1 fully saturated rings. The van der Waals surface area contributed by atoms with Gasteiger partial charge in [0.1, 0.15) is 5.75 Å². The molecule has 1 N–H and O–H groups in total. The number of nitrogens with zero attached hydrogens (tertiary/aromatic N) is 1. The van der Waals surface area contributed by atoms with E-state index in [2.05, 4.69) is 5.32 Å². The van der Waals surface area contributed by atoms with E-state index in [-0.39, 0.29) is 25.9 Å². The number of benzene rings is 1. The topological polar surface area (TPSA) is 101 Å². The predicted octanol–water partition coefficient (Wildman–Crippen LogP) is 1.23. The molecule has 1 heterocycles. The van der Waals surface area contributed by atoms with Gasteiger partial charge in [0.05, 0.1) is 10.1 Å². The van der Waals surface area contributed by atoms with E-state index in [9.17, 15) is 21.6 Å². The molecule has 152 valence electrons. The normalized spacial score (nSPS) is 17.1. The van der Waals surface area contributed by atoms with Crippen LogP contribution in [0.3, 0.4) is 0 Å². The number of hydrogen-bond donors (Lipinski definition) is 1. The van der Waals surface area contributed by atoms with Crippen molar-refractivity contribution in [2.45, 2.75) is 50.7 Å². The summed E-state index contributed by atoms with van der Waals surface area (Å²) < 4.78 is 52.5. The van der Waals surface area contributed by atoms with Crippen molar-refractivity contribution in [2.24, 2.45) is 0 Å². The maximum atomic E-state index is 13.2. The Labute approximate surface area is 162 Å². The van der Waals surface area contributed by atoms with Crippen LogP contribution in [0.2, 0.25) is 0 Å². The summed E-state index contributed by atoms with van der Waals surface area (Å²) in [6, 6.07) is 1.97. The van der Waals surface area contributed by atoms with Gasteiger partial charge >= 0.3 is 0 Å². The van der Waals surface area contributed by atoms with Gasteiger partial charge in [-0.15, -0.1) is 0 Å². The molecule has 0 radical (unpaired) electrons. The highest BCUT2D eigenvalue weighted by molar-refractivity contribution is 7.92.